The molecule has 2 aromatic rings. The largest absolute Gasteiger partial charge is 0.492 e. The Kier molecular flexibility index (Phi) is 4.99. The molecule has 1 amide bonds. The van der Waals surface area contributed by atoms with Crippen molar-refractivity contribution in [3.8, 4) is 5.75 Å². The van der Waals surface area contributed by atoms with E-state index in [1.54, 1.807) is 0 Å². The molecule has 9 heteroatoms. The number of ether oxygens (including phenoxy) is 2. The van der Waals surface area contributed by atoms with E-state index in [9.17, 15) is 4.79 Å². The van der Waals surface area contributed by atoms with E-state index in [0.29, 0.717) is 37.6 Å². The third-order valence-electron chi connectivity index (χ3n) is 4.80. The second-order valence-electron chi connectivity index (χ2n) is 8.34. The zero-order chi connectivity index (χ0) is 20.6. The number of hydrazine groups is 1. The number of rotatable bonds is 4. The quantitative estimate of drug-likeness (QED) is 0.716. The number of nitrogens with one attached hydrogen (secondary N) is 2. The van der Waals surface area contributed by atoms with Crippen LogP contribution in [0, 0.1) is 0 Å². The molecule has 0 spiro atoms. The molecule has 1 aromatic heterocycles. The van der Waals surface area contributed by atoms with Crippen LogP contribution in [-0.4, -0.2) is 41.6 Å². The Bertz CT molecular complexity index is 960. The maximum atomic E-state index is 11.8. The maximum Gasteiger partial charge on any atom is 0.407 e. The van der Waals surface area contributed by atoms with E-state index in [2.05, 4.69) is 15.9 Å². The van der Waals surface area contributed by atoms with Gasteiger partial charge in [-0.2, -0.15) is 0 Å². The number of nitrogens with two attached hydrogens (primary N) is 1. The molecule has 0 aliphatic carbocycles. The van der Waals surface area contributed by atoms with Crippen LogP contribution < -0.4 is 21.2 Å². The van der Waals surface area contributed by atoms with E-state index < -0.39 is 11.7 Å². The average Bonchev–Trinajstić information content (AvgIpc) is 3.25. The number of carbonyl (C=O) groups excluding carboxylic acids is 1. The Morgan fingerprint density at radius 2 is 2.28 bits per heavy atom. The predicted octanol–water partition coefficient (Wildman–Crippen LogP) is 2.46. The van der Waals surface area contributed by atoms with Crippen molar-refractivity contribution in [3.05, 3.63) is 29.0 Å². The Morgan fingerprint density at radius 3 is 3.07 bits per heavy atom. The van der Waals surface area contributed by atoms with Crippen LogP contribution in [0.3, 0.4) is 0 Å². The molecule has 4 rings (SSSR count). The SMILES string of the molecule is CC(C)(C)OC(=O)NCC1=CN(Cc2cc3onc(N)c3c3c2CCCO3)NC1. The number of hydrogen-bond acceptors (Lipinski definition) is 8. The van der Waals surface area contributed by atoms with Gasteiger partial charge in [0.05, 0.1) is 13.2 Å². The summed E-state index contributed by atoms with van der Waals surface area (Å²) in [5.74, 6) is 1.15. The lowest BCUT2D eigenvalue weighted by Gasteiger charge is -2.23. The Labute approximate surface area is 169 Å². The molecule has 0 radical (unpaired) electrons. The van der Waals surface area contributed by atoms with Gasteiger partial charge in [0.2, 0.25) is 0 Å². The minimum absolute atomic E-state index is 0.361. The van der Waals surface area contributed by atoms with Gasteiger partial charge in [-0.3, -0.25) is 0 Å². The highest BCUT2D eigenvalue weighted by molar-refractivity contribution is 5.94. The Hall–Kier alpha value is -2.94. The lowest BCUT2D eigenvalue weighted by Crippen LogP contribution is -2.34. The van der Waals surface area contributed by atoms with Gasteiger partial charge in [0.15, 0.2) is 11.4 Å². The minimum Gasteiger partial charge on any atom is -0.492 e. The molecular formula is C20H27N5O4. The first kappa shape index (κ1) is 19.4. The molecule has 1 aromatic carbocycles. The summed E-state index contributed by atoms with van der Waals surface area (Å²) in [7, 11) is 0. The van der Waals surface area contributed by atoms with E-state index in [1.165, 1.54) is 0 Å². The molecule has 29 heavy (non-hydrogen) atoms. The molecule has 0 bridgehead atoms. The number of carbonyl (C=O) groups is 1. The van der Waals surface area contributed by atoms with Crippen molar-refractivity contribution >= 4 is 22.9 Å². The molecule has 0 saturated heterocycles. The summed E-state index contributed by atoms with van der Waals surface area (Å²) in [6.45, 7) is 7.91. The number of fused-ring (bicyclic) bond motifs is 3. The van der Waals surface area contributed by atoms with Crippen LogP contribution in [0.5, 0.6) is 5.75 Å². The smallest absolute Gasteiger partial charge is 0.407 e. The van der Waals surface area contributed by atoms with Gasteiger partial charge in [0.1, 0.15) is 16.7 Å². The number of anilines is 1. The van der Waals surface area contributed by atoms with Crippen LogP contribution in [0.2, 0.25) is 0 Å². The summed E-state index contributed by atoms with van der Waals surface area (Å²) < 4.78 is 16.6. The van der Waals surface area contributed by atoms with E-state index in [0.717, 1.165) is 40.7 Å². The first-order chi connectivity index (χ1) is 13.8. The monoisotopic (exact) mass is 401 g/mol. The summed E-state index contributed by atoms with van der Waals surface area (Å²) in [5, 5.41) is 9.44. The second kappa shape index (κ2) is 7.47. The molecule has 4 N–H and O–H groups in total. The fourth-order valence-electron chi connectivity index (χ4n) is 3.59. The van der Waals surface area contributed by atoms with Gasteiger partial charge in [0.25, 0.3) is 0 Å². The highest BCUT2D eigenvalue weighted by Crippen LogP contribution is 2.39. The van der Waals surface area contributed by atoms with Crippen LogP contribution in [0.4, 0.5) is 10.6 Å². The molecule has 156 valence electrons. The standard InChI is InChI=1S/C20H27N5O4/c1-20(2,3)28-19(26)22-8-12-9-23-25(10-12)11-13-7-15-16(18(21)24-29-15)17-14(13)5-4-6-27-17/h7,10,23H,4-6,8-9,11H2,1-3H3,(H2,21,24)(H,22,26). The summed E-state index contributed by atoms with van der Waals surface area (Å²) in [5.41, 5.74) is 12.7. The molecule has 3 heterocycles. The van der Waals surface area contributed by atoms with Crippen LogP contribution in [-0.2, 0) is 17.7 Å². The number of aromatic nitrogens is 1. The van der Waals surface area contributed by atoms with Crippen molar-refractivity contribution in [1.29, 1.82) is 0 Å². The topological polar surface area (TPSA) is 115 Å². The van der Waals surface area contributed by atoms with Gasteiger partial charge >= 0.3 is 6.09 Å². The number of amides is 1. The third kappa shape index (κ3) is 4.24. The predicted molar refractivity (Wildman–Crippen MR) is 108 cm³/mol. The van der Waals surface area contributed by atoms with Crippen molar-refractivity contribution in [2.45, 2.75) is 45.8 Å². The van der Waals surface area contributed by atoms with Gasteiger partial charge in [0, 0.05) is 24.9 Å². The van der Waals surface area contributed by atoms with Crippen LogP contribution in [0.25, 0.3) is 11.0 Å². The maximum absolute atomic E-state index is 11.8. The molecule has 0 unspecified atom stereocenters. The first-order valence-corrected chi connectivity index (χ1v) is 9.79. The number of nitrogens with zero attached hydrogens (tertiary/aromatic N) is 2. The molecule has 0 atom stereocenters. The summed E-state index contributed by atoms with van der Waals surface area (Å²) >= 11 is 0. The molecule has 0 fully saturated rings. The van der Waals surface area contributed by atoms with Crippen LogP contribution >= 0.6 is 0 Å². The Balaban J connectivity index is 1.46. The van der Waals surface area contributed by atoms with Gasteiger partial charge in [-0.1, -0.05) is 5.16 Å². The summed E-state index contributed by atoms with van der Waals surface area (Å²) in [6.07, 6.45) is 3.48. The zero-order valence-electron chi connectivity index (χ0n) is 17.0. The van der Waals surface area contributed by atoms with Crippen molar-refractivity contribution in [2.24, 2.45) is 0 Å². The number of hydrogen-bond donors (Lipinski definition) is 3. The number of benzene rings is 1. The van der Waals surface area contributed by atoms with Crippen LogP contribution in [0.1, 0.15) is 38.3 Å². The van der Waals surface area contributed by atoms with Crippen molar-refractivity contribution < 1.29 is 18.8 Å². The lowest BCUT2D eigenvalue weighted by molar-refractivity contribution is 0.0532. The fraction of sp³-hybridized carbons (Fsp3) is 0.500. The number of nitrogen functional groups attached to an aromatic ring is 1. The van der Waals surface area contributed by atoms with E-state index >= 15 is 0 Å². The van der Waals surface area contributed by atoms with E-state index in [-0.39, 0.29) is 0 Å². The van der Waals surface area contributed by atoms with Crippen molar-refractivity contribution in [1.82, 2.24) is 20.9 Å². The average molecular weight is 401 g/mol. The first-order valence-electron chi connectivity index (χ1n) is 9.79. The van der Waals surface area contributed by atoms with Crippen LogP contribution in [0.15, 0.2) is 22.4 Å². The summed E-state index contributed by atoms with van der Waals surface area (Å²) in [6, 6.07) is 1.98. The van der Waals surface area contributed by atoms with E-state index in [1.807, 2.05) is 38.0 Å². The highest BCUT2D eigenvalue weighted by atomic mass is 16.6. The fourth-order valence-corrected chi connectivity index (χ4v) is 3.59. The van der Waals surface area contributed by atoms with Gasteiger partial charge < -0.3 is 30.1 Å². The molecule has 2 aliphatic heterocycles. The normalized spacial score (nSPS) is 16.4. The lowest BCUT2D eigenvalue weighted by atomic mass is 9.97. The molecule has 9 nitrogen and oxygen atoms in total. The van der Waals surface area contributed by atoms with E-state index in [4.69, 9.17) is 19.7 Å². The zero-order valence-corrected chi connectivity index (χ0v) is 17.0. The molecule has 0 saturated carbocycles. The van der Waals surface area contributed by atoms with Crippen molar-refractivity contribution in [3.63, 3.8) is 0 Å². The third-order valence-corrected chi connectivity index (χ3v) is 4.80. The van der Waals surface area contributed by atoms with Gasteiger partial charge in [-0.15, -0.1) is 0 Å². The second-order valence-corrected chi connectivity index (χ2v) is 8.34. The number of alkyl carbamates (subject to hydrolysis) is 1. The highest BCUT2D eigenvalue weighted by Gasteiger charge is 2.24. The van der Waals surface area contributed by atoms with Gasteiger partial charge in [-0.25, -0.2) is 10.2 Å². The summed E-state index contributed by atoms with van der Waals surface area (Å²) in [4.78, 5) is 11.8. The molecular weight excluding hydrogens is 374 g/mol. The molecule has 2 aliphatic rings. The Morgan fingerprint density at radius 1 is 1.45 bits per heavy atom. The van der Waals surface area contributed by atoms with Crippen molar-refractivity contribution in [2.75, 3.05) is 25.4 Å². The minimum atomic E-state index is -0.512. The van der Waals surface area contributed by atoms with Gasteiger partial charge in [-0.05, 0) is 50.8 Å².